The molecular formula is C21H27N5O. The molecule has 3 aromatic rings. The molecule has 3 N–H and O–H groups in total. The van der Waals surface area contributed by atoms with Gasteiger partial charge >= 0.3 is 0 Å². The van der Waals surface area contributed by atoms with Gasteiger partial charge in [-0.25, -0.2) is 0 Å². The van der Waals surface area contributed by atoms with Crippen LogP contribution in [0.2, 0.25) is 0 Å². The minimum atomic E-state index is -0.261. The molecule has 3 rings (SSSR count). The number of amides is 1. The number of aromatic nitrogens is 3. The number of nitrogens with one attached hydrogen (secondary N) is 1. The van der Waals surface area contributed by atoms with Crippen molar-refractivity contribution in [1.29, 1.82) is 0 Å². The highest BCUT2D eigenvalue weighted by Gasteiger charge is 2.28. The van der Waals surface area contributed by atoms with E-state index >= 15 is 0 Å². The van der Waals surface area contributed by atoms with Gasteiger partial charge < -0.3 is 10.6 Å². The van der Waals surface area contributed by atoms with E-state index in [-0.39, 0.29) is 23.8 Å². The van der Waals surface area contributed by atoms with E-state index in [1.165, 1.54) is 5.56 Å². The summed E-state index contributed by atoms with van der Waals surface area (Å²) < 4.78 is 0. The number of carbonyl (C=O) groups excluding carboxylic acids is 1. The zero-order valence-corrected chi connectivity index (χ0v) is 16.1. The fourth-order valence-electron chi connectivity index (χ4n) is 3.61. The Morgan fingerprint density at radius 1 is 1.26 bits per heavy atom. The van der Waals surface area contributed by atoms with Gasteiger partial charge in [0, 0.05) is 29.7 Å². The molecule has 6 heteroatoms. The Hall–Kier alpha value is -2.73. The Kier molecular flexibility index (Phi) is 5.86. The first kappa shape index (κ1) is 19.0. The number of aromatic amines is 1. The van der Waals surface area contributed by atoms with Crippen molar-refractivity contribution in [2.75, 3.05) is 14.1 Å². The molecule has 0 aliphatic heterocycles. The molecule has 0 aliphatic carbocycles. The number of nitrogens with zero attached hydrogens (tertiary/aromatic N) is 3. The van der Waals surface area contributed by atoms with Crippen LogP contribution in [0.1, 0.15) is 30.4 Å². The third-order valence-electron chi connectivity index (χ3n) is 5.41. The number of primary amides is 1. The monoisotopic (exact) mass is 365 g/mol. The zero-order valence-electron chi connectivity index (χ0n) is 16.1. The second kappa shape index (κ2) is 8.31. The first-order valence-corrected chi connectivity index (χ1v) is 9.23. The Morgan fingerprint density at radius 3 is 2.74 bits per heavy atom. The lowest BCUT2D eigenvalue weighted by atomic mass is 9.82. The van der Waals surface area contributed by atoms with Crippen molar-refractivity contribution in [3.63, 3.8) is 0 Å². The summed E-state index contributed by atoms with van der Waals surface area (Å²) in [6.45, 7) is 2.05. The highest BCUT2D eigenvalue weighted by molar-refractivity contribution is 5.79. The van der Waals surface area contributed by atoms with E-state index in [9.17, 15) is 4.79 Å². The van der Waals surface area contributed by atoms with Gasteiger partial charge in [-0.15, -0.1) is 0 Å². The Labute approximate surface area is 159 Å². The van der Waals surface area contributed by atoms with Crippen molar-refractivity contribution in [1.82, 2.24) is 20.1 Å². The maximum absolute atomic E-state index is 12.2. The number of fused-ring (bicyclic) bond motifs is 1. The summed E-state index contributed by atoms with van der Waals surface area (Å²) in [5.41, 5.74) is 9.08. The van der Waals surface area contributed by atoms with Crippen molar-refractivity contribution >= 4 is 16.8 Å². The van der Waals surface area contributed by atoms with E-state index in [1.807, 2.05) is 44.7 Å². The van der Waals surface area contributed by atoms with Crippen LogP contribution in [0.25, 0.3) is 10.9 Å². The van der Waals surface area contributed by atoms with E-state index < -0.39 is 0 Å². The minimum Gasteiger partial charge on any atom is -0.369 e. The average molecular weight is 365 g/mol. The molecular weight excluding hydrogens is 338 g/mol. The van der Waals surface area contributed by atoms with Crippen LogP contribution in [0.5, 0.6) is 0 Å². The van der Waals surface area contributed by atoms with E-state index in [0.717, 1.165) is 22.9 Å². The molecule has 0 bridgehead atoms. The number of hydrogen-bond donors (Lipinski definition) is 2. The standard InChI is InChI=1S/C21H27N5O/c1-14(16-5-4-8-23-12-16)19(21(22)27)11-18(26(2)3)10-15-6-7-20-17(9-15)13-24-25-20/h4-9,12-14,18-19H,10-11H2,1-3H3,(H2,22,27)(H,24,25)/t14?,18-,19?/m1/s1. The van der Waals surface area contributed by atoms with Crippen LogP contribution < -0.4 is 5.73 Å². The second-order valence-corrected chi connectivity index (χ2v) is 7.43. The molecule has 0 saturated carbocycles. The van der Waals surface area contributed by atoms with Crippen LogP contribution in [0.3, 0.4) is 0 Å². The lowest BCUT2D eigenvalue weighted by molar-refractivity contribution is -0.123. The molecule has 0 radical (unpaired) electrons. The highest BCUT2D eigenvalue weighted by atomic mass is 16.1. The first-order chi connectivity index (χ1) is 13.0. The summed E-state index contributed by atoms with van der Waals surface area (Å²) in [6, 6.07) is 10.4. The van der Waals surface area contributed by atoms with Gasteiger partial charge in [-0.3, -0.25) is 14.9 Å². The van der Waals surface area contributed by atoms with Crippen LogP contribution >= 0.6 is 0 Å². The van der Waals surface area contributed by atoms with Gasteiger partial charge in [-0.1, -0.05) is 19.1 Å². The number of hydrogen-bond acceptors (Lipinski definition) is 4. The predicted molar refractivity (Wildman–Crippen MR) is 107 cm³/mol. The molecule has 1 amide bonds. The Morgan fingerprint density at radius 2 is 2.07 bits per heavy atom. The molecule has 0 aliphatic rings. The van der Waals surface area contributed by atoms with Gasteiger partial charge in [-0.05, 0) is 62.2 Å². The fourth-order valence-corrected chi connectivity index (χ4v) is 3.61. The Bertz CT molecular complexity index is 890. The van der Waals surface area contributed by atoms with Crippen molar-refractivity contribution in [2.45, 2.75) is 31.7 Å². The van der Waals surface area contributed by atoms with Gasteiger partial charge in [-0.2, -0.15) is 5.10 Å². The van der Waals surface area contributed by atoms with E-state index in [1.54, 1.807) is 6.20 Å². The highest BCUT2D eigenvalue weighted by Crippen LogP contribution is 2.29. The molecule has 142 valence electrons. The largest absolute Gasteiger partial charge is 0.369 e. The second-order valence-electron chi connectivity index (χ2n) is 7.43. The Balaban J connectivity index is 1.79. The molecule has 2 heterocycles. The summed E-state index contributed by atoms with van der Waals surface area (Å²) in [6.07, 6.45) is 6.93. The quantitative estimate of drug-likeness (QED) is 0.642. The molecule has 0 fully saturated rings. The predicted octanol–water partition coefficient (Wildman–Crippen LogP) is 2.73. The third kappa shape index (κ3) is 4.52. The smallest absolute Gasteiger partial charge is 0.221 e. The number of rotatable bonds is 8. The van der Waals surface area contributed by atoms with Crippen molar-refractivity contribution in [3.8, 4) is 0 Å². The van der Waals surface area contributed by atoms with Crippen molar-refractivity contribution in [3.05, 3.63) is 60.0 Å². The molecule has 0 saturated heterocycles. The number of likely N-dealkylation sites (N-methyl/N-ethyl adjacent to an activating group) is 1. The van der Waals surface area contributed by atoms with Gasteiger partial charge in [0.1, 0.15) is 0 Å². The summed E-state index contributed by atoms with van der Waals surface area (Å²) in [7, 11) is 4.10. The molecule has 3 atom stereocenters. The van der Waals surface area contributed by atoms with E-state index in [4.69, 9.17) is 5.73 Å². The van der Waals surface area contributed by atoms with Crippen LogP contribution in [0.4, 0.5) is 0 Å². The first-order valence-electron chi connectivity index (χ1n) is 9.23. The number of benzene rings is 1. The van der Waals surface area contributed by atoms with Crippen molar-refractivity contribution < 1.29 is 4.79 Å². The van der Waals surface area contributed by atoms with Crippen molar-refractivity contribution in [2.24, 2.45) is 11.7 Å². The lowest BCUT2D eigenvalue weighted by Crippen LogP contribution is -2.38. The van der Waals surface area contributed by atoms with Gasteiger partial charge in [0.15, 0.2) is 0 Å². The van der Waals surface area contributed by atoms with Crippen LogP contribution in [-0.2, 0) is 11.2 Å². The number of nitrogens with two attached hydrogens (primary N) is 1. The molecule has 1 aromatic carbocycles. The van der Waals surface area contributed by atoms with Crippen LogP contribution in [-0.4, -0.2) is 46.1 Å². The van der Waals surface area contributed by atoms with Gasteiger partial charge in [0.05, 0.1) is 11.7 Å². The molecule has 27 heavy (non-hydrogen) atoms. The third-order valence-corrected chi connectivity index (χ3v) is 5.41. The lowest BCUT2D eigenvalue weighted by Gasteiger charge is -2.30. The SMILES string of the molecule is CC(c1cccnc1)C(C[C@@H](Cc1ccc2[nH]ncc2c1)N(C)C)C(N)=O. The van der Waals surface area contributed by atoms with Gasteiger partial charge in [0.25, 0.3) is 0 Å². The summed E-state index contributed by atoms with van der Waals surface area (Å²) >= 11 is 0. The molecule has 2 unspecified atom stereocenters. The molecule has 0 spiro atoms. The number of pyridine rings is 1. The average Bonchev–Trinajstić information content (AvgIpc) is 3.12. The van der Waals surface area contributed by atoms with E-state index in [2.05, 4.69) is 39.1 Å². The van der Waals surface area contributed by atoms with E-state index in [0.29, 0.717) is 6.42 Å². The topological polar surface area (TPSA) is 87.9 Å². The maximum atomic E-state index is 12.2. The number of carbonyl (C=O) groups is 1. The minimum absolute atomic E-state index is 0.0232. The molecule has 6 nitrogen and oxygen atoms in total. The van der Waals surface area contributed by atoms with Crippen LogP contribution in [0.15, 0.2) is 48.9 Å². The summed E-state index contributed by atoms with van der Waals surface area (Å²) in [4.78, 5) is 18.6. The fraction of sp³-hybridized carbons (Fsp3) is 0.381. The number of H-pyrrole nitrogens is 1. The maximum Gasteiger partial charge on any atom is 0.221 e. The van der Waals surface area contributed by atoms with Gasteiger partial charge in [0.2, 0.25) is 5.91 Å². The van der Waals surface area contributed by atoms with Crippen LogP contribution in [0, 0.1) is 5.92 Å². The molecule has 2 aromatic heterocycles. The normalized spacial score (nSPS) is 15.0. The summed E-state index contributed by atoms with van der Waals surface area (Å²) in [5.74, 6) is -0.488. The zero-order chi connectivity index (χ0) is 19.4. The summed E-state index contributed by atoms with van der Waals surface area (Å²) in [5, 5.41) is 8.16.